The molecule has 0 saturated carbocycles. The Kier molecular flexibility index (Phi) is 9.61. The van der Waals surface area contributed by atoms with Crippen LogP contribution in [0.5, 0.6) is 0 Å². The SMILES string of the molecule is CCCCCN1CCCCNCCNCNC1. The van der Waals surface area contributed by atoms with Crippen molar-refractivity contribution in [3.63, 3.8) is 0 Å². The van der Waals surface area contributed by atoms with Crippen LogP contribution in [0.3, 0.4) is 0 Å². The Bertz CT molecular complexity index is 151. The third kappa shape index (κ3) is 8.55. The maximum atomic E-state index is 3.47. The minimum absolute atomic E-state index is 0.923. The number of unbranched alkanes of at least 4 members (excludes halogenated alkanes) is 2. The summed E-state index contributed by atoms with van der Waals surface area (Å²) in [7, 11) is 0. The molecule has 0 aliphatic carbocycles. The van der Waals surface area contributed by atoms with Crippen LogP contribution in [0.4, 0.5) is 0 Å². The van der Waals surface area contributed by atoms with Gasteiger partial charge in [-0.2, -0.15) is 0 Å². The standard InChI is InChI=1S/C13H30N4/c1-2-3-5-10-17-11-6-4-7-14-8-9-15-12-16-13-17/h14-16H,2-13H2,1H3. The van der Waals surface area contributed by atoms with Gasteiger partial charge in [-0.05, 0) is 38.9 Å². The van der Waals surface area contributed by atoms with Crippen molar-refractivity contribution in [2.45, 2.75) is 39.0 Å². The van der Waals surface area contributed by atoms with Crippen LogP contribution in [0.2, 0.25) is 0 Å². The molecule has 0 radical (unpaired) electrons. The second-order valence-electron chi connectivity index (χ2n) is 4.87. The Labute approximate surface area is 107 Å². The van der Waals surface area contributed by atoms with E-state index in [1.165, 1.54) is 45.2 Å². The fourth-order valence-electron chi connectivity index (χ4n) is 2.13. The van der Waals surface area contributed by atoms with Gasteiger partial charge < -0.3 is 10.6 Å². The van der Waals surface area contributed by atoms with Crippen molar-refractivity contribution in [2.24, 2.45) is 0 Å². The Morgan fingerprint density at radius 2 is 1.82 bits per heavy atom. The van der Waals surface area contributed by atoms with Gasteiger partial charge in [0.05, 0.1) is 0 Å². The minimum atomic E-state index is 0.923. The van der Waals surface area contributed by atoms with Crippen LogP contribution in [0.1, 0.15) is 39.0 Å². The molecule has 1 saturated heterocycles. The maximum Gasteiger partial charge on any atom is 0.0490 e. The lowest BCUT2D eigenvalue weighted by Gasteiger charge is -2.23. The van der Waals surface area contributed by atoms with E-state index in [9.17, 15) is 0 Å². The quantitative estimate of drug-likeness (QED) is 0.642. The van der Waals surface area contributed by atoms with E-state index in [0.717, 1.165) is 33.0 Å². The second kappa shape index (κ2) is 11.0. The lowest BCUT2D eigenvalue weighted by atomic mass is 10.2. The molecule has 1 fully saturated rings. The van der Waals surface area contributed by atoms with Crippen molar-refractivity contribution in [3.05, 3.63) is 0 Å². The summed E-state index contributed by atoms with van der Waals surface area (Å²) < 4.78 is 0. The Balaban J connectivity index is 2.17. The molecule has 102 valence electrons. The zero-order valence-electron chi connectivity index (χ0n) is 11.4. The summed E-state index contributed by atoms with van der Waals surface area (Å²) in [5.74, 6) is 0. The molecule has 1 aliphatic rings. The highest BCUT2D eigenvalue weighted by Gasteiger charge is 2.04. The Morgan fingerprint density at radius 3 is 2.71 bits per heavy atom. The van der Waals surface area contributed by atoms with Gasteiger partial charge in [0.2, 0.25) is 0 Å². The van der Waals surface area contributed by atoms with Crippen molar-refractivity contribution in [1.29, 1.82) is 0 Å². The number of nitrogens with zero attached hydrogens (tertiary/aromatic N) is 1. The highest BCUT2D eigenvalue weighted by atomic mass is 15.2. The average Bonchev–Trinajstić information content (AvgIpc) is 2.32. The topological polar surface area (TPSA) is 39.3 Å². The molecule has 0 aromatic carbocycles. The molecule has 0 aromatic rings. The fourth-order valence-corrected chi connectivity index (χ4v) is 2.13. The van der Waals surface area contributed by atoms with Gasteiger partial charge in [0.1, 0.15) is 0 Å². The molecule has 17 heavy (non-hydrogen) atoms. The van der Waals surface area contributed by atoms with E-state index in [2.05, 4.69) is 27.8 Å². The van der Waals surface area contributed by atoms with E-state index in [-0.39, 0.29) is 0 Å². The molecule has 0 amide bonds. The molecule has 0 unspecified atom stereocenters. The van der Waals surface area contributed by atoms with Gasteiger partial charge in [-0.1, -0.05) is 19.8 Å². The summed E-state index contributed by atoms with van der Waals surface area (Å²) in [6, 6.07) is 0. The van der Waals surface area contributed by atoms with Gasteiger partial charge in [0.25, 0.3) is 0 Å². The monoisotopic (exact) mass is 242 g/mol. The predicted octanol–water partition coefficient (Wildman–Crippen LogP) is 0.956. The van der Waals surface area contributed by atoms with Crippen molar-refractivity contribution >= 4 is 0 Å². The van der Waals surface area contributed by atoms with E-state index in [0.29, 0.717) is 0 Å². The maximum absolute atomic E-state index is 3.47. The van der Waals surface area contributed by atoms with E-state index < -0.39 is 0 Å². The Hall–Kier alpha value is -0.160. The largest absolute Gasteiger partial charge is 0.315 e. The van der Waals surface area contributed by atoms with Crippen LogP contribution < -0.4 is 16.0 Å². The molecule has 0 atom stereocenters. The van der Waals surface area contributed by atoms with Crippen molar-refractivity contribution < 1.29 is 0 Å². The predicted molar refractivity (Wildman–Crippen MR) is 74.1 cm³/mol. The third-order valence-corrected chi connectivity index (χ3v) is 3.22. The molecule has 1 aliphatic heterocycles. The highest BCUT2D eigenvalue weighted by molar-refractivity contribution is 4.60. The van der Waals surface area contributed by atoms with Crippen molar-refractivity contribution in [1.82, 2.24) is 20.9 Å². The third-order valence-electron chi connectivity index (χ3n) is 3.22. The molecule has 1 rings (SSSR count). The molecule has 1 heterocycles. The summed E-state index contributed by atoms with van der Waals surface area (Å²) in [6.07, 6.45) is 6.62. The lowest BCUT2D eigenvalue weighted by Crippen LogP contribution is -2.42. The Morgan fingerprint density at radius 1 is 0.941 bits per heavy atom. The van der Waals surface area contributed by atoms with Crippen LogP contribution in [-0.4, -0.2) is 51.0 Å². The molecule has 4 nitrogen and oxygen atoms in total. The highest BCUT2D eigenvalue weighted by Crippen LogP contribution is 2.00. The smallest absolute Gasteiger partial charge is 0.0490 e. The fraction of sp³-hybridized carbons (Fsp3) is 1.00. The van der Waals surface area contributed by atoms with Crippen LogP contribution in [0, 0.1) is 0 Å². The van der Waals surface area contributed by atoms with E-state index in [4.69, 9.17) is 0 Å². The van der Waals surface area contributed by atoms with Gasteiger partial charge >= 0.3 is 0 Å². The molecule has 4 heteroatoms. The summed E-state index contributed by atoms with van der Waals surface area (Å²) in [6.45, 7) is 10.0. The van der Waals surface area contributed by atoms with Crippen LogP contribution >= 0.6 is 0 Å². The first-order chi connectivity index (χ1) is 8.43. The summed E-state index contributed by atoms with van der Waals surface area (Å²) in [5, 5.41) is 10.3. The molecular formula is C13H30N4. The normalized spacial score (nSPS) is 21.7. The first-order valence-corrected chi connectivity index (χ1v) is 7.28. The van der Waals surface area contributed by atoms with Crippen LogP contribution in [-0.2, 0) is 0 Å². The lowest BCUT2D eigenvalue weighted by molar-refractivity contribution is 0.238. The van der Waals surface area contributed by atoms with Gasteiger partial charge in [-0.15, -0.1) is 0 Å². The van der Waals surface area contributed by atoms with Crippen LogP contribution in [0.15, 0.2) is 0 Å². The summed E-state index contributed by atoms with van der Waals surface area (Å²) in [5.41, 5.74) is 0. The average molecular weight is 242 g/mol. The first kappa shape index (κ1) is 14.9. The van der Waals surface area contributed by atoms with Crippen LogP contribution in [0.25, 0.3) is 0 Å². The number of nitrogens with one attached hydrogen (secondary N) is 3. The molecule has 3 N–H and O–H groups in total. The van der Waals surface area contributed by atoms with Crippen molar-refractivity contribution in [2.75, 3.05) is 46.1 Å². The zero-order chi connectivity index (χ0) is 12.2. The number of hydrogen-bond donors (Lipinski definition) is 3. The van der Waals surface area contributed by atoms with Gasteiger partial charge in [-0.25, -0.2) is 0 Å². The van der Waals surface area contributed by atoms with E-state index in [1.54, 1.807) is 0 Å². The molecule has 0 spiro atoms. The van der Waals surface area contributed by atoms with E-state index >= 15 is 0 Å². The number of hydrogen-bond acceptors (Lipinski definition) is 4. The van der Waals surface area contributed by atoms with E-state index in [1.807, 2.05) is 0 Å². The minimum Gasteiger partial charge on any atom is -0.315 e. The first-order valence-electron chi connectivity index (χ1n) is 7.28. The second-order valence-corrected chi connectivity index (χ2v) is 4.87. The van der Waals surface area contributed by atoms with Gasteiger partial charge in [0, 0.05) is 26.4 Å². The summed E-state index contributed by atoms with van der Waals surface area (Å²) in [4.78, 5) is 2.55. The zero-order valence-corrected chi connectivity index (χ0v) is 11.4. The molecule has 0 aromatic heterocycles. The number of rotatable bonds is 4. The van der Waals surface area contributed by atoms with Gasteiger partial charge in [-0.3, -0.25) is 10.2 Å². The van der Waals surface area contributed by atoms with Gasteiger partial charge in [0.15, 0.2) is 0 Å². The molecule has 0 bridgehead atoms. The summed E-state index contributed by atoms with van der Waals surface area (Å²) >= 11 is 0. The molecular weight excluding hydrogens is 212 g/mol. The van der Waals surface area contributed by atoms with Crippen molar-refractivity contribution in [3.8, 4) is 0 Å².